The molecule has 0 aromatic heterocycles. The number of fused-ring (bicyclic) bond motifs is 1. The maximum absolute atomic E-state index is 10.6. The van der Waals surface area contributed by atoms with Crippen LogP contribution in [0.5, 0.6) is 0 Å². The third kappa shape index (κ3) is 2.01. The van der Waals surface area contributed by atoms with Gasteiger partial charge in [0, 0.05) is 18.2 Å². The Balaban J connectivity index is 1.61. The maximum atomic E-state index is 10.6. The lowest BCUT2D eigenvalue weighted by atomic mass is 9.98. The van der Waals surface area contributed by atoms with E-state index in [-0.39, 0.29) is 16.7 Å². The molecule has 4 heteroatoms. The molecule has 2 fully saturated rings. The molecule has 0 amide bonds. The molecular weight excluding hydrogens is 228 g/mol. The first-order valence-electron chi connectivity index (χ1n) is 6.66. The van der Waals surface area contributed by atoms with Gasteiger partial charge in [0.1, 0.15) is 0 Å². The van der Waals surface area contributed by atoms with E-state index in [1.54, 1.807) is 12.1 Å². The van der Waals surface area contributed by atoms with Crippen LogP contribution in [0, 0.1) is 27.9 Å². The number of hydrogen-bond donors (Lipinski definition) is 1. The molecule has 0 aliphatic heterocycles. The first-order chi connectivity index (χ1) is 8.66. The average Bonchev–Trinajstić information content (AvgIpc) is 2.84. The Kier molecular flexibility index (Phi) is 2.82. The SMILES string of the molecule is NC(Cc1ccc([N+](=O)[O-])cc1)C1C2CCCC21. The van der Waals surface area contributed by atoms with E-state index >= 15 is 0 Å². The number of nitro benzene ring substituents is 1. The number of hydrogen-bond acceptors (Lipinski definition) is 3. The zero-order valence-electron chi connectivity index (χ0n) is 10.3. The van der Waals surface area contributed by atoms with Gasteiger partial charge >= 0.3 is 0 Å². The Hall–Kier alpha value is -1.42. The summed E-state index contributed by atoms with van der Waals surface area (Å²) in [6.45, 7) is 0. The largest absolute Gasteiger partial charge is 0.327 e. The lowest BCUT2D eigenvalue weighted by molar-refractivity contribution is -0.384. The lowest BCUT2D eigenvalue weighted by Gasteiger charge is -2.13. The molecule has 3 atom stereocenters. The van der Waals surface area contributed by atoms with E-state index < -0.39 is 0 Å². The molecule has 2 aliphatic rings. The Morgan fingerprint density at radius 2 is 1.89 bits per heavy atom. The fourth-order valence-corrected chi connectivity index (χ4v) is 3.67. The first kappa shape index (κ1) is 11.7. The van der Waals surface area contributed by atoms with Crippen molar-refractivity contribution in [2.24, 2.45) is 23.5 Å². The number of nitro groups is 1. The molecule has 2 saturated carbocycles. The molecule has 0 heterocycles. The normalized spacial score (nSPS) is 30.8. The van der Waals surface area contributed by atoms with Crippen molar-refractivity contribution in [2.45, 2.75) is 31.7 Å². The standard InChI is InChI=1S/C14H18N2O2/c15-13(14-11-2-1-3-12(11)14)8-9-4-6-10(7-5-9)16(17)18/h4-7,11-14H,1-3,8,15H2. The van der Waals surface area contributed by atoms with Gasteiger partial charge in [0.25, 0.3) is 5.69 Å². The highest BCUT2D eigenvalue weighted by Crippen LogP contribution is 2.58. The number of nitrogens with zero attached hydrogens (tertiary/aromatic N) is 1. The minimum atomic E-state index is -0.366. The van der Waals surface area contributed by atoms with E-state index in [4.69, 9.17) is 5.73 Å². The van der Waals surface area contributed by atoms with Crippen LogP contribution in [0.25, 0.3) is 0 Å². The van der Waals surface area contributed by atoms with Crippen molar-refractivity contribution in [3.8, 4) is 0 Å². The van der Waals surface area contributed by atoms with Gasteiger partial charge in [0.2, 0.25) is 0 Å². The molecule has 1 aromatic rings. The average molecular weight is 246 g/mol. The minimum Gasteiger partial charge on any atom is -0.327 e. The van der Waals surface area contributed by atoms with Crippen LogP contribution < -0.4 is 5.73 Å². The van der Waals surface area contributed by atoms with Gasteiger partial charge < -0.3 is 5.73 Å². The van der Waals surface area contributed by atoms with Crippen LogP contribution in [0.15, 0.2) is 24.3 Å². The summed E-state index contributed by atoms with van der Waals surface area (Å²) in [5.41, 5.74) is 7.52. The summed E-state index contributed by atoms with van der Waals surface area (Å²) in [6.07, 6.45) is 4.92. The van der Waals surface area contributed by atoms with Crippen molar-refractivity contribution in [2.75, 3.05) is 0 Å². The summed E-state index contributed by atoms with van der Waals surface area (Å²) in [7, 11) is 0. The molecular formula is C14H18N2O2. The Morgan fingerprint density at radius 3 is 2.44 bits per heavy atom. The predicted molar refractivity (Wildman–Crippen MR) is 69.1 cm³/mol. The fraction of sp³-hybridized carbons (Fsp3) is 0.571. The molecule has 0 bridgehead atoms. The van der Waals surface area contributed by atoms with Crippen LogP contribution in [-0.2, 0) is 6.42 Å². The summed E-state index contributed by atoms with van der Waals surface area (Å²) < 4.78 is 0. The first-order valence-corrected chi connectivity index (χ1v) is 6.66. The van der Waals surface area contributed by atoms with Crippen LogP contribution in [0.3, 0.4) is 0 Å². The van der Waals surface area contributed by atoms with Gasteiger partial charge in [-0.25, -0.2) is 0 Å². The second-order valence-corrected chi connectivity index (χ2v) is 5.63. The van der Waals surface area contributed by atoms with Gasteiger partial charge in [-0.1, -0.05) is 18.6 Å². The molecule has 3 rings (SSSR count). The molecule has 0 saturated heterocycles. The second kappa shape index (κ2) is 4.35. The van der Waals surface area contributed by atoms with E-state index in [1.165, 1.54) is 19.3 Å². The summed E-state index contributed by atoms with van der Waals surface area (Å²) in [5.74, 6) is 2.45. The Labute approximate surface area is 106 Å². The highest BCUT2D eigenvalue weighted by atomic mass is 16.6. The van der Waals surface area contributed by atoms with Crippen LogP contribution in [0.1, 0.15) is 24.8 Å². The van der Waals surface area contributed by atoms with Gasteiger partial charge in [0.15, 0.2) is 0 Å². The smallest absolute Gasteiger partial charge is 0.269 e. The number of rotatable bonds is 4. The van der Waals surface area contributed by atoms with Crippen LogP contribution in [0.4, 0.5) is 5.69 Å². The molecule has 2 aliphatic carbocycles. The van der Waals surface area contributed by atoms with Crippen molar-refractivity contribution in [3.05, 3.63) is 39.9 Å². The van der Waals surface area contributed by atoms with E-state index in [9.17, 15) is 10.1 Å². The minimum absolute atomic E-state index is 0.149. The molecule has 18 heavy (non-hydrogen) atoms. The van der Waals surface area contributed by atoms with Crippen LogP contribution in [-0.4, -0.2) is 11.0 Å². The van der Waals surface area contributed by atoms with Gasteiger partial charge in [-0.2, -0.15) is 0 Å². The Bertz CT molecular complexity index is 447. The summed E-state index contributed by atoms with van der Waals surface area (Å²) in [6, 6.07) is 7.01. The van der Waals surface area contributed by atoms with Crippen molar-refractivity contribution in [1.82, 2.24) is 0 Å². The topological polar surface area (TPSA) is 69.2 Å². The summed E-state index contributed by atoms with van der Waals surface area (Å²) in [5, 5.41) is 10.6. The third-order valence-electron chi connectivity index (χ3n) is 4.59. The monoisotopic (exact) mass is 246 g/mol. The highest BCUT2D eigenvalue weighted by molar-refractivity contribution is 5.33. The molecule has 2 N–H and O–H groups in total. The van der Waals surface area contributed by atoms with Crippen LogP contribution >= 0.6 is 0 Å². The zero-order chi connectivity index (χ0) is 12.7. The fourth-order valence-electron chi connectivity index (χ4n) is 3.67. The maximum Gasteiger partial charge on any atom is 0.269 e. The van der Waals surface area contributed by atoms with E-state index in [1.807, 2.05) is 12.1 Å². The van der Waals surface area contributed by atoms with Gasteiger partial charge in [-0.05, 0) is 42.6 Å². The van der Waals surface area contributed by atoms with Gasteiger partial charge in [-0.3, -0.25) is 10.1 Å². The van der Waals surface area contributed by atoms with Gasteiger partial charge in [0.05, 0.1) is 4.92 Å². The van der Waals surface area contributed by atoms with Gasteiger partial charge in [-0.15, -0.1) is 0 Å². The summed E-state index contributed by atoms with van der Waals surface area (Å²) in [4.78, 5) is 10.2. The van der Waals surface area contributed by atoms with Crippen molar-refractivity contribution in [3.63, 3.8) is 0 Å². The quantitative estimate of drug-likeness (QED) is 0.655. The molecule has 96 valence electrons. The number of non-ortho nitro benzene ring substituents is 1. The summed E-state index contributed by atoms with van der Waals surface area (Å²) >= 11 is 0. The van der Waals surface area contributed by atoms with E-state index in [0.29, 0.717) is 5.92 Å². The van der Waals surface area contributed by atoms with Crippen LogP contribution in [0.2, 0.25) is 0 Å². The highest BCUT2D eigenvalue weighted by Gasteiger charge is 2.54. The van der Waals surface area contributed by atoms with E-state index in [2.05, 4.69) is 0 Å². The third-order valence-corrected chi connectivity index (χ3v) is 4.59. The molecule has 0 spiro atoms. The number of nitrogens with two attached hydrogens (primary N) is 1. The zero-order valence-corrected chi connectivity index (χ0v) is 10.3. The van der Waals surface area contributed by atoms with Crippen molar-refractivity contribution < 1.29 is 4.92 Å². The van der Waals surface area contributed by atoms with Crippen molar-refractivity contribution >= 4 is 5.69 Å². The second-order valence-electron chi connectivity index (χ2n) is 5.63. The predicted octanol–water partition coefficient (Wildman–Crippen LogP) is 2.51. The van der Waals surface area contributed by atoms with Crippen molar-refractivity contribution in [1.29, 1.82) is 0 Å². The molecule has 4 nitrogen and oxygen atoms in total. The number of benzene rings is 1. The van der Waals surface area contributed by atoms with E-state index in [0.717, 1.165) is 23.8 Å². The molecule has 3 unspecified atom stereocenters. The lowest BCUT2D eigenvalue weighted by Crippen LogP contribution is -2.27. The Morgan fingerprint density at radius 1 is 1.28 bits per heavy atom. The molecule has 1 aromatic carbocycles. The molecule has 0 radical (unpaired) electrons.